The predicted octanol–water partition coefficient (Wildman–Crippen LogP) is 9.75. The Morgan fingerprint density at radius 3 is 1.19 bits per heavy atom. The van der Waals surface area contributed by atoms with E-state index < -0.39 is 0 Å². The van der Waals surface area contributed by atoms with E-state index in [1.807, 2.05) is 48.5 Å². The monoisotopic (exact) mass is 563 g/mol. The largest absolute Gasteiger partial charge is 0.353 e. The minimum Gasteiger partial charge on any atom is -0.353 e. The topological polar surface area (TPSA) is 67.3 Å². The maximum absolute atomic E-state index is 5.17. The number of aromatic nitrogens is 5. The number of para-hydroxylation sites is 4. The highest BCUT2D eigenvalue weighted by Gasteiger charge is 2.25. The Morgan fingerprint density at radius 1 is 0.488 bits per heavy atom. The van der Waals surface area contributed by atoms with Crippen LogP contribution >= 0.6 is 0 Å². The number of nitrogens with zero attached hydrogens (tertiary/aromatic N) is 4. The number of H-pyrrole nitrogens is 1. The van der Waals surface area contributed by atoms with Gasteiger partial charge in [-0.05, 0) is 84.3 Å². The first kappa shape index (κ1) is 27.2. The summed E-state index contributed by atoms with van der Waals surface area (Å²) >= 11 is 0. The summed E-state index contributed by atoms with van der Waals surface area (Å²) in [6.45, 7) is 17.7. The average Bonchev–Trinajstić information content (AvgIpc) is 3.33. The van der Waals surface area contributed by atoms with Crippen molar-refractivity contribution < 1.29 is 0 Å². The molecule has 0 aliphatic rings. The van der Waals surface area contributed by atoms with Crippen LogP contribution in [0.25, 0.3) is 66.4 Å². The fraction of sp³-hybridized carbons (Fsp3) is 0.263. The Balaban J connectivity index is 1.63. The van der Waals surface area contributed by atoms with Crippen LogP contribution in [-0.4, -0.2) is 24.9 Å². The van der Waals surface area contributed by atoms with Crippen molar-refractivity contribution in [2.45, 2.75) is 66.2 Å². The Labute approximate surface area is 252 Å². The van der Waals surface area contributed by atoms with Gasteiger partial charge in [-0.15, -0.1) is 0 Å². The van der Waals surface area contributed by atoms with Crippen molar-refractivity contribution in [3.05, 3.63) is 95.3 Å². The van der Waals surface area contributed by atoms with Crippen LogP contribution in [0.5, 0.6) is 0 Å². The predicted molar refractivity (Wildman–Crippen MR) is 180 cm³/mol. The van der Waals surface area contributed by atoms with Gasteiger partial charge in [0, 0.05) is 21.9 Å². The molecule has 0 saturated heterocycles. The lowest BCUT2D eigenvalue weighted by Crippen LogP contribution is -2.12. The van der Waals surface area contributed by atoms with E-state index in [-0.39, 0.29) is 10.8 Å². The van der Waals surface area contributed by atoms with Gasteiger partial charge in [0.1, 0.15) is 0 Å². The quantitative estimate of drug-likeness (QED) is 0.227. The van der Waals surface area contributed by atoms with Gasteiger partial charge in [-0.2, -0.15) is 0 Å². The Kier molecular flexibility index (Phi) is 5.97. The van der Waals surface area contributed by atoms with Crippen molar-refractivity contribution in [1.29, 1.82) is 0 Å². The van der Waals surface area contributed by atoms with Crippen LogP contribution in [-0.2, 0) is 10.8 Å². The summed E-state index contributed by atoms with van der Waals surface area (Å²) < 4.78 is 0. The summed E-state index contributed by atoms with van der Waals surface area (Å²) in [5, 5.41) is 2.37. The number of rotatable bonds is 2. The van der Waals surface area contributed by atoms with Crippen LogP contribution in [0.3, 0.4) is 0 Å². The third-order valence-electron chi connectivity index (χ3n) is 8.55. The fourth-order valence-electron chi connectivity index (χ4n) is 6.03. The number of benzene rings is 4. The van der Waals surface area contributed by atoms with Crippen molar-refractivity contribution in [1.82, 2.24) is 24.9 Å². The zero-order valence-electron chi connectivity index (χ0n) is 26.2. The van der Waals surface area contributed by atoms with Crippen molar-refractivity contribution in [2.75, 3.05) is 0 Å². The molecule has 0 spiro atoms. The van der Waals surface area contributed by atoms with E-state index >= 15 is 0 Å². The number of fused-ring (bicyclic) bond motifs is 5. The zero-order valence-corrected chi connectivity index (χ0v) is 26.2. The minimum absolute atomic E-state index is 0.0599. The van der Waals surface area contributed by atoms with Gasteiger partial charge in [0.2, 0.25) is 0 Å². The van der Waals surface area contributed by atoms with E-state index in [2.05, 4.69) is 84.6 Å². The van der Waals surface area contributed by atoms with Gasteiger partial charge in [-0.25, -0.2) is 19.9 Å². The van der Waals surface area contributed by atoms with Crippen LogP contribution < -0.4 is 0 Å². The van der Waals surface area contributed by atoms with Gasteiger partial charge in [0.25, 0.3) is 0 Å². The Morgan fingerprint density at radius 2 is 0.837 bits per heavy atom. The highest BCUT2D eigenvalue weighted by molar-refractivity contribution is 6.16. The molecule has 4 aromatic carbocycles. The molecule has 7 aromatic rings. The smallest absolute Gasteiger partial charge is 0.0943 e. The summed E-state index contributed by atoms with van der Waals surface area (Å²) in [6.07, 6.45) is 0. The van der Waals surface area contributed by atoms with Crippen molar-refractivity contribution in [3.8, 4) is 22.5 Å². The summed E-state index contributed by atoms with van der Waals surface area (Å²) in [6, 6.07) is 25.5. The molecule has 0 radical (unpaired) electrons. The third kappa shape index (κ3) is 4.55. The first-order valence-electron chi connectivity index (χ1n) is 15.0. The number of aryl methyl sites for hydroxylation is 2. The highest BCUT2D eigenvalue weighted by Crippen LogP contribution is 2.43. The maximum atomic E-state index is 5.17. The van der Waals surface area contributed by atoms with E-state index in [1.165, 1.54) is 21.9 Å². The van der Waals surface area contributed by atoms with Gasteiger partial charge >= 0.3 is 0 Å². The van der Waals surface area contributed by atoms with Gasteiger partial charge < -0.3 is 4.98 Å². The molecule has 5 nitrogen and oxygen atoms in total. The first-order valence-corrected chi connectivity index (χ1v) is 15.0. The molecule has 0 saturated carbocycles. The van der Waals surface area contributed by atoms with Gasteiger partial charge in [-0.3, -0.25) is 0 Å². The normalized spacial score (nSPS) is 12.7. The lowest BCUT2D eigenvalue weighted by molar-refractivity contribution is 0.590. The molecule has 0 aliphatic carbocycles. The maximum Gasteiger partial charge on any atom is 0.0943 e. The molecule has 3 aromatic heterocycles. The number of nitrogens with one attached hydrogen (secondary N) is 1. The van der Waals surface area contributed by atoms with E-state index in [1.54, 1.807) is 0 Å². The first-order chi connectivity index (χ1) is 20.4. The number of hydrogen-bond donors (Lipinski definition) is 1. The molecular weight excluding hydrogens is 526 g/mol. The second-order valence-electron chi connectivity index (χ2n) is 13.8. The van der Waals surface area contributed by atoms with E-state index in [0.29, 0.717) is 0 Å². The fourth-order valence-corrected chi connectivity index (χ4v) is 6.03. The average molecular weight is 564 g/mol. The number of aromatic amines is 1. The molecule has 0 aliphatic heterocycles. The van der Waals surface area contributed by atoms with Crippen molar-refractivity contribution in [2.24, 2.45) is 0 Å². The Bertz CT molecular complexity index is 2070. The van der Waals surface area contributed by atoms with Crippen LogP contribution in [0.1, 0.15) is 64.1 Å². The molecule has 1 N–H and O–H groups in total. The summed E-state index contributed by atoms with van der Waals surface area (Å²) in [7, 11) is 0. The molecule has 214 valence electrons. The summed E-state index contributed by atoms with van der Waals surface area (Å²) in [5.74, 6) is 0. The van der Waals surface area contributed by atoms with Gasteiger partial charge in [0.05, 0.1) is 55.9 Å². The summed E-state index contributed by atoms with van der Waals surface area (Å²) in [4.78, 5) is 24.1. The molecule has 0 unspecified atom stereocenters. The molecule has 5 heteroatoms. The second-order valence-corrected chi connectivity index (χ2v) is 13.8. The SMILES string of the molecule is Cc1nc2ccccc2nc1-c1cc(C(C)(C)C)cc2c1[nH]c1c(-c3nc4ccccc4nc3C)cc(C(C)(C)C)cc12. The van der Waals surface area contributed by atoms with E-state index in [9.17, 15) is 0 Å². The van der Waals surface area contributed by atoms with Gasteiger partial charge in [-0.1, -0.05) is 65.8 Å². The van der Waals surface area contributed by atoms with E-state index in [0.717, 1.165) is 67.0 Å². The number of hydrogen-bond acceptors (Lipinski definition) is 4. The molecule has 0 fully saturated rings. The van der Waals surface area contributed by atoms with Crippen LogP contribution in [0.15, 0.2) is 72.8 Å². The minimum atomic E-state index is -0.0599. The second kappa shape index (κ2) is 9.43. The van der Waals surface area contributed by atoms with Crippen LogP contribution in [0, 0.1) is 13.8 Å². The van der Waals surface area contributed by atoms with E-state index in [4.69, 9.17) is 19.9 Å². The molecule has 0 bridgehead atoms. The van der Waals surface area contributed by atoms with Crippen molar-refractivity contribution in [3.63, 3.8) is 0 Å². The van der Waals surface area contributed by atoms with Gasteiger partial charge in [0.15, 0.2) is 0 Å². The molecule has 0 atom stereocenters. The van der Waals surface area contributed by atoms with Crippen molar-refractivity contribution >= 4 is 43.9 Å². The lowest BCUT2D eigenvalue weighted by Gasteiger charge is -2.22. The van der Waals surface area contributed by atoms with Crippen LogP contribution in [0.2, 0.25) is 0 Å². The lowest BCUT2D eigenvalue weighted by atomic mass is 9.83. The highest BCUT2D eigenvalue weighted by atomic mass is 14.8. The summed E-state index contributed by atoms with van der Waals surface area (Å²) in [5.41, 5.74) is 13.9. The standard InChI is InChI=1S/C38H37N5/c1-21-33(41-31-15-11-9-13-29(31)39-21)27-19-23(37(3,4)5)17-25-26-18-24(38(6,7)8)20-28(36(26)43-35(25)27)34-22(2)40-30-14-10-12-16-32(30)42-34/h9-20,43H,1-8H3. The molecular formula is C38H37N5. The third-order valence-corrected chi connectivity index (χ3v) is 8.55. The Hall–Kier alpha value is -4.64. The molecule has 43 heavy (non-hydrogen) atoms. The van der Waals surface area contributed by atoms with Crippen LogP contribution in [0.4, 0.5) is 0 Å². The molecule has 0 amide bonds. The zero-order chi connectivity index (χ0) is 30.3. The molecule has 3 heterocycles. The molecule has 7 rings (SSSR count).